The number of hydrogen-bond acceptors (Lipinski definition) is 6. The van der Waals surface area contributed by atoms with E-state index in [4.69, 9.17) is 14.2 Å². The Balaban J connectivity index is 0.00000504. The molecule has 0 unspecified atom stereocenters. The Bertz CT molecular complexity index is 1900. The third-order valence-corrected chi connectivity index (χ3v) is 8.46. The van der Waals surface area contributed by atoms with Gasteiger partial charge in [0.25, 0.3) is 0 Å². The Kier molecular flexibility index (Phi) is 13.2. The molecule has 6 rings (SSSR count). The first-order valence-corrected chi connectivity index (χ1v) is 16.6. The third kappa shape index (κ3) is 11.1. The zero-order chi connectivity index (χ0) is 34.7. The van der Waals surface area contributed by atoms with Crippen LogP contribution < -0.4 is 14.2 Å². The standard InChI is InChI=1S/C41H39F2N3O4.ClH/c1-30-25-38(50-40-17-16-39(27-44-40)49-29-33-3-2-4-36(43)26-33)13-9-34(30)10-18-41(47)46-22-20-45(21-23-46)28-32-7-5-31(6-8-32)19-24-48-37-14-11-35(42)12-15-37;/h2-18,25-27H,19-24,28-29H2,1H3;1H/b18-10+;. The van der Waals surface area contributed by atoms with Gasteiger partial charge in [0.15, 0.2) is 0 Å². The minimum Gasteiger partial charge on any atom is -0.493 e. The number of nitrogens with zero attached hydrogens (tertiary/aromatic N) is 3. The molecule has 0 bridgehead atoms. The number of halogens is 3. The van der Waals surface area contributed by atoms with E-state index in [1.54, 1.807) is 48.7 Å². The smallest absolute Gasteiger partial charge is 0.246 e. The van der Waals surface area contributed by atoms with Crippen molar-refractivity contribution in [2.75, 3.05) is 32.8 Å². The number of carbonyl (C=O) groups excluding carboxylic acids is 1. The highest BCUT2D eigenvalue weighted by molar-refractivity contribution is 5.92. The quantitative estimate of drug-likeness (QED) is 0.114. The average Bonchev–Trinajstić information content (AvgIpc) is 3.13. The van der Waals surface area contributed by atoms with Gasteiger partial charge in [0.05, 0.1) is 12.8 Å². The summed E-state index contributed by atoms with van der Waals surface area (Å²) in [6.07, 6.45) is 5.83. The van der Waals surface area contributed by atoms with E-state index in [1.807, 2.05) is 36.1 Å². The van der Waals surface area contributed by atoms with Gasteiger partial charge in [-0.25, -0.2) is 13.8 Å². The number of pyridine rings is 1. The molecule has 4 aromatic carbocycles. The molecule has 5 aromatic rings. The molecule has 0 aliphatic carbocycles. The molecule has 1 aromatic heterocycles. The van der Waals surface area contributed by atoms with Crippen molar-refractivity contribution in [1.82, 2.24) is 14.8 Å². The zero-order valence-corrected chi connectivity index (χ0v) is 29.2. The predicted octanol–water partition coefficient (Wildman–Crippen LogP) is 8.44. The van der Waals surface area contributed by atoms with Gasteiger partial charge in [-0.2, -0.15) is 0 Å². The van der Waals surface area contributed by atoms with E-state index in [9.17, 15) is 13.6 Å². The molecule has 1 aliphatic heterocycles. The predicted molar refractivity (Wildman–Crippen MR) is 196 cm³/mol. The molecule has 0 N–H and O–H groups in total. The second kappa shape index (κ2) is 18.1. The van der Waals surface area contributed by atoms with Crippen molar-refractivity contribution in [2.24, 2.45) is 0 Å². The zero-order valence-electron chi connectivity index (χ0n) is 28.3. The van der Waals surface area contributed by atoms with E-state index in [1.165, 1.54) is 35.4 Å². The van der Waals surface area contributed by atoms with Gasteiger partial charge in [0, 0.05) is 51.3 Å². The minimum absolute atomic E-state index is 0. The van der Waals surface area contributed by atoms with Crippen LogP contribution >= 0.6 is 12.4 Å². The maximum absolute atomic E-state index is 13.4. The Labute approximate surface area is 303 Å². The van der Waals surface area contributed by atoms with Gasteiger partial charge in [-0.15, -0.1) is 12.4 Å². The highest BCUT2D eigenvalue weighted by Crippen LogP contribution is 2.25. The molecule has 1 fully saturated rings. The van der Waals surface area contributed by atoms with Crippen LogP contribution in [-0.2, 0) is 24.4 Å². The molecule has 10 heteroatoms. The lowest BCUT2D eigenvalue weighted by Crippen LogP contribution is -2.47. The Hall–Kier alpha value is -5.25. The van der Waals surface area contributed by atoms with Crippen molar-refractivity contribution >= 4 is 24.4 Å². The van der Waals surface area contributed by atoms with Gasteiger partial charge >= 0.3 is 0 Å². The molecule has 0 spiro atoms. The van der Waals surface area contributed by atoms with Crippen molar-refractivity contribution < 1.29 is 27.8 Å². The maximum atomic E-state index is 13.4. The highest BCUT2D eigenvalue weighted by atomic mass is 35.5. The van der Waals surface area contributed by atoms with E-state index in [0.717, 1.165) is 42.7 Å². The maximum Gasteiger partial charge on any atom is 0.246 e. The monoisotopic (exact) mass is 711 g/mol. The largest absolute Gasteiger partial charge is 0.493 e. The number of carbonyl (C=O) groups is 1. The summed E-state index contributed by atoms with van der Waals surface area (Å²) in [6, 6.07) is 30.0. The van der Waals surface area contributed by atoms with Crippen molar-refractivity contribution in [3.8, 4) is 23.1 Å². The van der Waals surface area contributed by atoms with E-state index in [2.05, 4.69) is 34.1 Å². The normalized spacial score (nSPS) is 13.1. The van der Waals surface area contributed by atoms with Crippen LogP contribution in [0, 0.1) is 18.6 Å². The second-order valence-electron chi connectivity index (χ2n) is 12.2. The Morgan fingerprint density at radius 3 is 2.20 bits per heavy atom. The van der Waals surface area contributed by atoms with Crippen LogP contribution in [0.3, 0.4) is 0 Å². The fourth-order valence-corrected chi connectivity index (χ4v) is 5.61. The summed E-state index contributed by atoms with van der Waals surface area (Å²) >= 11 is 0. The van der Waals surface area contributed by atoms with Crippen LogP contribution in [-0.4, -0.2) is 53.5 Å². The van der Waals surface area contributed by atoms with Gasteiger partial charge in [-0.3, -0.25) is 9.69 Å². The number of hydrogen-bond donors (Lipinski definition) is 0. The van der Waals surface area contributed by atoms with Gasteiger partial charge in [-0.05, 0) is 95.4 Å². The van der Waals surface area contributed by atoms with Crippen molar-refractivity contribution in [2.45, 2.75) is 26.5 Å². The number of rotatable bonds is 13. The molecule has 1 aliphatic rings. The van der Waals surface area contributed by atoms with Gasteiger partial charge in [-0.1, -0.05) is 42.5 Å². The summed E-state index contributed by atoms with van der Waals surface area (Å²) < 4.78 is 43.8. The Morgan fingerprint density at radius 1 is 0.765 bits per heavy atom. The summed E-state index contributed by atoms with van der Waals surface area (Å²) in [4.78, 5) is 21.6. The molecule has 51 heavy (non-hydrogen) atoms. The molecule has 0 saturated carbocycles. The van der Waals surface area contributed by atoms with Crippen LogP contribution in [0.25, 0.3) is 6.08 Å². The third-order valence-electron chi connectivity index (χ3n) is 8.46. The highest BCUT2D eigenvalue weighted by Gasteiger charge is 2.19. The lowest BCUT2D eigenvalue weighted by Gasteiger charge is -2.34. The lowest BCUT2D eigenvalue weighted by molar-refractivity contribution is -0.127. The Morgan fingerprint density at radius 2 is 1.49 bits per heavy atom. The van der Waals surface area contributed by atoms with Crippen molar-refractivity contribution in [1.29, 1.82) is 0 Å². The van der Waals surface area contributed by atoms with Crippen LogP contribution in [0.1, 0.15) is 27.8 Å². The van der Waals surface area contributed by atoms with Crippen LogP contribution in [0.4, 0.5) is 8.78 Å². The van der Waals surface area contributed by atoms with Gasteiger partial charge in [0.2, 0.25) is 11.8 Å². The van der Waals surface area contributed by atoms with Crippen molar-refractivity contribution in [3.63, 3.8) is 0 Å². The molecular formula is C41H40ClF2N3O4. The molecule has 0 radical (unpaired) electrons. The van der Waals surface area contributed by atoms with E-state index >= 15 is 0 Å². The van der Waals surface area contributed by atoms with E-state index in [-0.39, 0.29) is 36.6 Å². The summed E-state index contributed by atoms with van der Waals surface area (Å²) in [6.45, 7) is 6.55. The first-order valence-electron chi connectivity index (χ1n) is 16.6. The minimum atomic E-state index is -0.300. The van der Waals surface area contributed by atoms with Crippen molar-refractivity contribution in [3.05, 3.63) is 155 Å². The molecule has 2 heterocycles. The molecule has 7 nitrogen and oxygen atoms in total. The SMILES string of the molecule is Cc1cc(Oc2ccc(OCc3cccc(F)c3)cn2)ccc1/C=C/C(=O)N1CCN(Cc2ccc(CCOc3ccc(F)cc3)cc2)CC1.Cl. The number of benzene rings is 4. The van der Waals surface area contributed by atoms with Gasteiger partial charge in [0.1, 0.15) is 35.5 Å². The second-order valence-corrected chi connectivity index (χ2v) is 12.2. The number of aryl methyl sites for hydroxylation is 1. The lowest BCUT2D eigenvalue weighted by atomic mass is 10.1. The van der Waals surface area contributed by atoms with E-state index < -0.39 is 0 Å². The number of aromatic nitrogens is 1. The molecular weight excluding hydrogens is 672 g/mol. The van der Waals surface area contributed by atoms with Gasteiger partial charge < -0.3 is 19.1 Å². The first-order chi connectivity index (χ1) is 24.4. The fraction of sp³-hybridized carbons (Fsp3) is 0.220. The summed E-state index contributed by atoms with van der Waals surface area (Å²) in [5.74, 6) is 1.70. The molecule has 0 atom stereocenters. The molecule has 1 saturated heterocycles. The topological polar surface area (TPSA) is 64.1 Å². The fourth-order valence-electron chi connectivity index (χ4n) is 5.61. The first kappa shape index (κ1) is 37.0. The molecule has 264 valence electrons. The van der Waals surface area contributed by atoms with Crippen LogP contribution in [0.2, 0.25) is 0 Å². The number of piperazine rings is 1. The average molecular weight is 712 g/mol. The summed E-state index contributed by atoms with van der Waals surface area (Å²) in [5.41, 5.74) is 5.05. The van der Waals surface area contributed by atoms with Crippen LogP contribution in [0.5, 0.6) is 23.1 Å². The number of amides is 1. The summed E-state index contributed by atoms with van der Waals surface area (Å²) in [7, 11) is 0. The van der Waals surface area contributed by atoms with Crippen LogP contribution in [0.15, 0.2) is 115 Å². The summed E-state index contributed by atoms with van der Waals surface area (Å²) in [5, 5.41) is 0. The number of ether oxygens (including phenoxy) is 3. The van der Waals surface area contributed by atoms with E-state index in [0.29, 0.717) is 42.8 Å². The molecule has 1 amide bonds.